The molecule has 1 fully saturated rings. The molecule has 0 spiro atoms. The summed E-state index contributed by atoms with van der Waals surface area (Å²) in [6, 6.07) is 6.05. The van der Waals surface area contributed by atoms with Gasteiger partial charge in [-0.3, -0.25) is 4.57 Å². The molecule has 0 unspecified atom stereocenters. The van der Waals surface area contributed by atoms with Crippen LogP contribution in [-0.4, -0.2) is 32.8 Å². The minimum Gasteiger partial charge on any atom is -0.467 e. The fourth-order valence-electron chi connectivity index (χ4n) is 3.56. The van der Waals surface area contributed by atoms with Gasteiger partial charge in [-0.25, -0.2) is 4.98 Å². The van der Waals surface area contributed by atoms with Gasteiger partial charge in [0.15, 0.2) is 5.16 Å². The zero-order valence-electron chi connectivity index (χ0n) is 16.7. The van der Waals surface area contributed by atoms with E-state index in [1.54, 1.807) is 40.7 Å². The first-order valence-electron chi connectivity index (χ1n) is 10.1. The number of aromatic nitrogens is 4. The second-order valence-electron chi connectivity index (χ2n) is 7.56. The molecule has 4 aromatic rings. The van der Waals surface area contributed by atoms with Crippen molar-refractivity contribution in [3.8, 4) is 10.6 Å². The molecule has 0 radical (unpaired) electrons. The topological polar surface area (TPSA) is 60.0 Å². The van der Waals surface area contributed by atoms with Gasteiger partial charge in [-0.2, -0.15) is 11.3 Å². The summed E-state index contributed by atoms with van der Waals surface area (Å²) in [7, 11) is 0. The fourth-order valence-corrected chi connectivity index (χ4v) is 6.02. The first-order chi connectivity index (χ1) is 14.8. The van der Waals surface area contributed by atoms with Crippen LogP contribution in [-0.2, 0) is 12.3 Å². The average molecular weight is 458 g/mol. The predicted octanol–water partition coefficient (Wildman–Crippen LogP) is 5.63. The minimum absolute atomic E-state index is 0.640. The van der Waals surface area contributed by atoms with Crippen LogP contribution in [0.3, 0.4) is 0 Å². The summed E-state index contributed by atoms with van der Waals surface area (Å²) in [4.78, 5) is 7.15. The van der Waals surface area contributed by atoms with Crippen molar-refractivity contribution in [3.05, 3.63) is 52.1 Å². The van der Waals surface area contributed by atoms with Crippen LogP contribution in [0.2, 0.25) is 0 Å². The van der Waals surface area contributed by atoms with Gasteiger partial charge in [-0.05, 0) is 42.3 Å². The molecule has 30 heavy (non-hydrogen) atoms. The lowest BCUT2D eigenvalue weighted by Gasteiger charge is -2.31. The lowest BCUT2D eigenvalue weighted by molar-refractivity contribution is 0.427. The Hall–Kier alpha value is -2.10. The monoisotopic (exact) mass is 457 g/mol. The highest BCUT2D eigenvalue weighted by atomic mass is 32.2. The van der Waals surface area contributed by atoms with E-state index in [0.29, 0.717) is 6.54 Å². The number of hydrogen-bond donors (Lipinski definition) is 0. The Morgan fingerprint density at radius 1 is 1.20 bits per heavy atom. The molecule has 6 nitrogen and oxygen atoms in total. The largest absolute Gasteiger partial charge is 0.467 e. The van der Waals surface area contributed by atoms with E-state index in [-0.39, 0.29) is 0 Å². The van der Waals surface area contributed by atoms with Crippen molar-refractivity contribution in [1.29, 1.82) is 0 Å². The molecule has 1 aliphatic rings. The average Bonchev–Trinajstić information content (AvgIpc) is 3.55. The molecule has 0 atom stereocenters. The van der Waals surface area contributed by atoms with E-state index in [2.05, 4.69) is 48.8 Å². The Labute approximate surface area is 188 Å². The lowest BCUT2D eigenvalue weighted by Crippen LogP contribution is -2.35. The minimum atomic E-state index is 0.640. The Morgan fingerprint density at radius 2 is 2.10 bits per heavy atom. The number of rotatable bonds is 7. The van der Waals surface area contributed by atoms with E-state index in [0.717, 1.165) is 52.3 Å². The third kappa shape index (κ3) is 4.33. The molecule has 1 aliphatic heterocycles. The molecule has 0 saturated carbocycles. The molecule has 1 saturated heterocycles. The van der Waals surface area contributed by atoms with Gasteiger partial charge in [0.05, 0.1) is 18.5 Å². The van der Waals surface area contributed by atoms with Gasteiger partial charge in [-0.1, -0.05) is 18.7 Å². The maximum atomic E-state index is 5.61. The van der Waals surface area contributed by atoms with E-state index < -0.39 is 0 Å². The molecule has 0 N–H and O–H groups in total. The predicted molar refractivity (Wildman–Crippen MR) is 123 cm³/mol. The van der Waals surface area contributed by atoms with E-state index in [4.69, 9.17) is 9.40 Å². The Kier molecular flexibility index (Phi) is 5.92. The molecular weight excluding hydrogens is 434 g/mol. The molecule has 5 heterocycles. The van der Waals surface area contributed by atoms with Crippen molar-refractivity contribution in [2.75, 3.05) is 18.0 Å². The summed E-state index contributed by atoms with van der Waals surface area (Å²) in [6.07, 6.45) is 4.11. The summed E-state index contributed by atoms with van der Waals surface area (Å²) in [5.74, 6) is 3.40. The highest BCUT2D eigenvalue weighted by Crippen LogP contribution is 2.31. The van der Waals surface area contributed by atoms with Crippen molar-refractivity contribution in [1.82, 2.24) is 19.7 Å². The number of furan rings is 1. The number of hydrogen-bond acceptors (Lipinski definition) is 8. The standard InChI is InChI=1S/C21H23N5OS3/c1-15-4-7-25(8-5-15)20-23-24-21(26(20)11-18-3-2-9-27-18)30-14-17-13-29-19(22-17)16-6-10-28-12-16/h2-3,6,9-10,12-13,15H,4-5,7-8,11,14H2,1H3. The molecule has 156 valence electrons. The SMILES string of the molecule is CC1CCN(c2nnc(SCc3csc(-c4ccsc4)n3)n2Cc2ccco2)CC1. The van der Waals surface area contributed by atoms with Crippen molar-refractivity contribution >= 4 is 40.4 Å². The quantitative estimate of drug-likeness (QED) is 0.335. The highest BCUT2D eigenvalue weighted by molar-refractivity contribution is 7.98. The number of piperidine rings is 1. The number of thioether (sulfide) groups is 1. The normalized spacial score (nSPS) is 15.2. The number of nitrogens with zero attached hydrogens (tertiary/aromatic N) is 5. The van der Waals surface area contributed by atoms with Crippen LogP contribution in [0, 0.1) is 5.92 Å². The van der Waals surface area contributed by atoms with Crippen molar-refractivity contribution in [2.24, 2.45) is 5.92 Å². The van der Waals surface area contributed by atoms with E-state index in [1.807, 2.05) is 12.1 Å². The Balaban J connectivity index is 1.35. The van der Waals surface area contributed by atoms with Crippen molar-refractivity contribution in [2.45, 2.75) is 37.2 Å². The van der Waals surface area contributed by atoms with Crippen LogP contribution in [0.5, 0.6) is 0 Å². The van der Waals surface area contributed by atoms with E-state index in [9.17, 15) is 0 Å². The highest BCUT2D eigenvalue weighted by Gasteiger charge is 2.23. The van der Waals surface area contributed by atoms with Crippen molar-refractivity contribution < 1.29 is 4.42 Å². The number of thiazole rings is 1. The zero-order chi connectivity index (χ0) is 20.3. The van der Waals surface area contributed by atoms with Crippen LogP contribution < -0.4 is 4.90 Å². The zero-order valence-corrected chi connectivity index (χ0v) is 19.2. The second-order valence-corrected chi connectivity index (χ2v) is 10.1. The first-order valence-corrected chi connectivity index (χ1v) is 12.9. The third-order valence-electron chi connectivity index (χ3n) is 5.33. The summed E-state index contributed by atoms with van der Waals surface area (Å²) >= 11 is 5.08. The second kappa shape index (κ2) is 8.95. The van der Waals surface area contributed by atoms with Gasteiger partial charge in [0.25, 0.3) is 0 Å². The summed E-state index contributed by atoms with van der Waals surface area (Å²) in [6.45, 7) is 5.02. The fraction of sp³-hybridized carbons (Fsp3) is 0.381. The van der Waals surface area contributed by atoms with Crippen LogP contribution >= 0.6 is 34.4 Å². The van der Waals surface area contributed by atoms with Gasteiger partial charge in [0, 0.05) is 35.2 Å². The lowest BCUT2D eigenvalue weighted by atomic mass is 10.00. The smallest absolute Gasteiger partial charge is 0.228 e. The van der Waals surface area contributed by atoms with Gasteiger partial charge in [0.2, 0.25) is 5.95 Å². The number of anilines is 1. The molecular formula is C21H23N5OS3. The molecule has 0 aromatic carbocycles. The van der Waals surface area contributed by atoms with Crippen LogP contribution in [0.15, 0.2) is 50.2 Å². The maximum absolute atomic E-state index is 5.61. The molecule has 9 heteroatoms. The molecule has 5 rings (SSSR count). The Morgan fingerprint density at radius 3 is 2.87 bits per heavy atom. The van der Waals surface area contributed by atoms with Crippen LogP contribution in [0.25, 0.3) is 10.6 Å². The van der Waals surface area contributed by atoms with E-state index >= 15 is 0 Å². The van der Waals surface area contributed by atoms with Crippen LogP contribution in [0.4, 0.5) is 5.95 Å². The molecule has 4 aromatic heterocycles. The maximum Gasteiger partial charge on any atom is 0.228 e. The van der Waals surface area contributed by atoms with Gasteiger partial charge in [-0.15, -0.1) is 21.5 Å². The Bertz CT molecular complexity index is 1060. The van der Waals surface area contributed by atoms with E-state index in [1.165, 1.54) is 18.4 Å². The summed E-state index contributed by atoms with van der Waals surface area (Å²) < 4.78 is 7.80. The summed E-state index contributed by atoms with van der Waals surface area (Å²) in [5, 5.41) is 17.4. The molecule has 0 aliphatic carbocycles. The third-order valence-corrected chi connectivity index (χ3v) is 7.95. The van der Waals surface area contributed by atoms with Crippen molar-refractivity contribution in [3.63, 3.8) is 0 Å². The van der Waals surface area contributed by atoms with Gasteiger partial charge in [0.1, 0.15) is 10.8 Å². The van der Waals surface area contributed by atoms with Crippen LogP contribution in [0.1, 0.15) is 31.2 Å². The summed E-state index contributed by atoms with van der Waals surface area (Å²) in [5.41, 5.74) is 2.27. The first kappa shape index (κ1) is 19.8. The van der Waals surface area contributed by atoms with Gasteiger partial charge >= 0.3 is 0 Å². The molecule has 0 bridgehead atoms. The number of thiophene rings is 1. The van der Waals surface area contributed by atoms with Gasteiger partial charge < -0.3 is 9.32 Å². The molecule has 0 amide bonds.